The molecule has 7 nitrogen and oxygen atoms in total. The van der Waals surface area contributed by atoms with Crippen molar-refractivity contribution in [3.8, 4) is 0 Å². The third-order valence-corrected chi connectivity index (χ3v) is 6.06. The lowest BCUT2D eigenvalue weighted by Crippen LogP contribution is -2.36. The first kappa shape index (κ1) is 23.3. The van der Waals surface area contributed by atoms with Gasteiger partial charge >= 0.3 is 11.9 Å². The van der Waals surface area contributed by atoms with Crippen LogP contribution in [-0.2, 0) is 16.1 Å². The molecule has 1 aromatic heterocycles. The molecule has 0 spiro atoms. The third kappa shape index (κ3) is 4.59. The summed E-state index contributed by atoms with van der Waals surface area (Å²) in [5.74, 6) is -0.876. The van der Waals surface area contributed by atoms with Gasteiger partial charge < -0.3 is 19.5 Å². The minimum absolute atomic E-state index is 0.113. The average Bonchev–Trinajstić information content (AvgIpc) is 3.18. The van der Waals surface area contributed by atoms with Gasteiger partial charge in [0.15, 0.2) is 12.3 Å². The van der Waals surface area contributed by atoms with Crippen LogP contribution in [-0.4, -0.2) is 30.5 Å². The van der Waals surface area contributed by atoms with Crippen LogP contribution in [0.2, 0.25) is 0 Å². The highest BCUT2D eigenvalue weighted by molar-refractivity contribution is 6.40. The molecule has 2 aromatic carbocycles. The number of para-hydroxylation sites is 2. The number of carboxylic acids is 1. The molecule has 3 aromatic rings. The molecular weight excluding hydrogens is 432 g/mol. The van der Waals surface area contributed by atoms with Crippen LogP contribution in [0.1, 0.15) is 44.1 Å². The molecule has 0 fully saturated rings. The number of oxazole rings is 1. The molecule has 4 rings (SSSR count). The van der Waals surface area contributed by atoms with E-state index in [1.54, 1.807) is 18.2 Å². The number of Topliss-reactive ketones (excluding diaryl/α,β-unsaturated/α-hetero) is 1. The number of nitrogens with zero attached hydrogens (tertiary/aromatic N) is 2. The smallest absolute Gasteiger partial charge is 0.374 e. The van der Waals surface area contributed by atoms with Crippen LogP contribution in [0.4, 0.5) is 5.69 Å². The maximum atomic E-state index is 12.9. The summed E-state index contributed by atoms with van der Waals surface area (Å²) in [6.45, 7) is 3.45. The summed E-state index contributed by atoms with van der Waals surface area (Å²) in [5.41, 5.74) is 3.45. The average molecular weight is 461 g/mol. The van der Waals surface area contributed by atoms with Gasteiger partial charge in [-0.1, -0.05) is 43.4 Å². The molecule has 0 amide bonds. The van der Waals surface area contributed by atoms with Gasteiger partial charge in [-0.15, -0.1) is 0 Å². The van der Waals surface area contributed by atoms with Gasteiger partial charge in [-0.05, 0) is 30.2 Å². The number of aryl methyl sites for hydroxylation is 1. The Balaban J connectivity index is 1.56. The van der Waals surface area contributed by atoms with Gasteiger partial charge in [0, 0.05) is 49.3 Å². The number of aliphatic carboxylic acids is 1. The van der Waals surface area contributed by atoms with Crippen LogP contribution in [0.25, 0.3) is 22.7 Å². The molecule has 7 heteroatoms. The van der Waals surface area contributed by atoms with Crippen LogP contribution < -0.4 is 14.6 Å². The Kier molecular flexibility index (Phi) is 6.82. The van der Waals surface area contributed by atoms with E-state index in [4.69, 9.17) is 9.52 Å². The summed E-state index contributed by atoms with van der Waals surface area (Å²) in [4.78, 5) is 25.5. The number of carboxylic acid groups (broad SMARTS) is 1. The number of unbranched alkanes of at least 4 members (excludes halogenated alkanes) is 1. The first-order valence-corrected chi connectivity index (χ1v) is 11.5. The maximum Gasteiger partial charge on any atom is 0.374 e. The Morgan fingerprint density at radius 2 is 1.88 bits per heavy atom. The van der Waals surface area contributed by atoms with Crippen LogP contribution in [0.15, 0.2) is 64.3 Å². The number of hydrogen-bond acceptors (Lipinski definition) is 5. The van der Waals surface area contributed by atoms with E-state index in [1.165, 1.54) is 0 Å². The highest BCUT2D eigenvalue weighted by Gasteiger charge is 2.31. The lowest BCUT2D eigenvalue weighted by atomic mass is 9.83. The second-order valence-electron chi connectivity index (χ2n) is 8.47. The summed E-state index contributed by atoms with van der Waals surface area (Å²) >= 11 is 0. The number of benzene rings is 2. The molecular formula is C27H28N2O5. The van der Waals surface area contributed by atoms with Gasteiger partial charge in [0.1, 0.15) is 0 Å². The second kappa shape index (κ2) is 9.95. The predicted octanol–water partition coefficient (Wildman–Crippen LogP) is 3.56. The van der Waals surface area contributed by atoms with Gasteiger partial charge in [-0.3, -0.25) is 9.59 Å². The third-order valence-electron chi connectivity index (χ3n) is 6.06. The van der Waals surface area contributed by atoms with E-state index in [0.717, 1.165) is 36.2 Å². The molecule has 0 bridgehead atoms. The lowest BCUT2D eigenvalue weighted by molar-refractivity contribution is -0.678. The van der Waals surface area contributed by atoms with Crippen molar-refractivity contribution in [2.24, 2.45) is 0 Å². The highest BCUT2D eigenvalue weighted by atomic mass is 16.4. The Morgan fingerprint density at radius 1 is 1.15 bits per heavy atom. The quantitative estimate of drug-likeness (QED) is 0.367. The molecule has 1 heterocycles. The predicted molar refractivity (Wildman–Crippen MR) is 128 cm³/mol. The van der Waals surface area contributed by atoms with E-state index in [0.29, 0.717) is 24.4 Å². The van der Waals surface area contributed by atoms with Crippen molar-refractivity contribution in [1.82, 2.24) is 0 Å². The van der Waals surface area contributed by atoms with E-state index < -0.39 is 5.97 Å². The summed E-state index contributed by atoms with van der Waals surface area (Å²) in [5, 5.41) is 21.7. The van der Waals surface area contributed by atoms with Crippen molar-refractivity contribution >= 4 is 40.2 Å². The summed E-state index contributed by atoms with van der Waals surface area (Å²) in [6.07, 6.45) is 4.19. The maximum absolute atomic E-state index is 12.9. The largest absolute Gasteiger partial charge is 0.871 e. The van der Waals surface area contributed by atoms with E-state index in [9.17, 15) is 14.7 Å². The first-order valence-electron chi connectivity index (χ1n) is 11.5. The standard InChI is InChI=1S/C27H28N2O5/c1-3-4-16-29-21-8-5-6-9-22(21)34-23(29)17-20-26(32)25(27(20)33)18-11-13-19(14-12-18)28(2)15-7-10-24(30)31/h5-6,8-9,11-14,17H,3-4,7,10,15-16H2,1-2H3,(H-,30,31,32,33). The molecule has 34 heavy (non-hydrogen) atoms. The number of ketones is 1. The van der Waals surface area contributed by atoms with Crippen molar-refractivity contribution < 1.29 is 28.8 Å². The Hall–Kier alpha value is -3.87. The molecule has 0 unspecified atom stereocenters. The lowest BCUT2D eigenvalue weighted by Gasteiger charge is -2.30. The van der Waals surface area contributed by atoms with Crippen molar-refractivity contribution in [2.45, 2.75) is 39.2 Å². The van der Waals surface area contributed by atoms with Crippen LogP contribution >= 0.6 is 0 Å². The summed E-state index contributed by atoms with van der Waals surface area (Å²) < 4.78 is 7.97. The fourth-order valence-corrected chi connectivity index (χ4v) is 4.12. The highest BCUT2D eigenvalue weighted by Crippen LogP contribution is 2.36. The minimum atomic E-state index is -0.815. The monoisotopic (exact) mass is 460 g/mol. The molecule has 0 atom stereocenters. The van der Waals surface area contributed by atoms with Gasteiger partial charge in [0.05, 0.1) is 6.08 Å². The number of aromatic nitrogens is 1. The fourth-order valence-electron chi connectivity index (χ4n) is 4.12. The zero-order valence-electron chi connectivity index (χ0n) is 19.4. The van der Waals surface area contributed by atoms with Gasteiger partial charge in [-0.25, -0.2) is 0 Å². The van der Waals surface area contributed by atoms with E-state index in [2.05, 4.69) is 6.92 Å². The van der Waals surface area contributed by atoms with Crippen LogP contribution in [0, 0.1) is 0 Å². The van der Waals surface area contributed by atoms with E-state index >= 15 is 0 Å². The number of anilines is 1. The van der Waals surface area contributed by atoms with Crippen LogP contribution in [0.5, 0.6) is 0 Å². The number of fused-ring (bicyclic) bond motifs is 1. The molecule has 0 saturated carbocycles. The number of carbonyl (C=O) groups excluding carboxylic acids is 1. The Bertz CT molecular complexity index is 1280. The summed E-state index contributed by atoms with van der Waals surface area (Å²) in [7, 11) is 1.88. The molecule has 0 radical (unpaired) electrons. The topological polar surface area (TPSA) is 97.7 Å². The normalized spacial score (nSPS) is 14.6. The Morgan fingerprint density at radius 3 is 2.56 bits per heavy atom. The second-order valence-corrected chi connectivity index (χ2v) is 8.47. The molecule has 1 aliphatic rings. The van der Waals surface area contributed by atoms with Crippen molar-refractivity contribution in [1.29, 1.82) is 0 Å². The van der Waals surface area contributed by atoms with Crippen molar-refractivity contribution in [2.75, 3.05) is 18.5 Å². The molecule has 176 valence electrons. The van der Waals surface area contributed by atoms with Crippen molar-refractivity contribution in [3.05, 3.63) is 71.3 Å². The zero-order valence-corrected chi connectivity index (χ0v) is 19.4. The van der Waals surface area contributed by atoms with Crippen LogP contribution in [0.3, 0.4) is 0 Å². The number of rotatable bonds is 10. The molecule has 1 aliphatic carbocycles. The van der Waals surface area contributed by atoms with Gasteiger partial charge in [0.2, 0.25) is 5.58 Å². The fraction of sp³-hybridized carbons (Fsp3) is 0.296. The molecule has 0 saturated heterocycles. The molecule has 1 N–H and O–H groups in total. The zero-order chi connectivity index (χ0) is 24.2. The van der Waals surface area contributed by atoms with E-state index in [1.807, 2.05) is 52.9 Å². The first-order chi connectivity index (χ1) is 16.4. The number of carbonyl (C=O) groups is 2. The van der Waals surface area contributed by atoms with Crippen molar-refractivity contribution in [3.63, 3.8) is 0 Å². The number of allylic oxidation sites excluding steroid dienone is 2. The van der Waals surface area contributed by atoms with Gasteiger partial charge in [0.25, 0.3) is 5.52 Å². The summed E-state index contributed by atoms with van der Waals surface area (Å²) in [6, 6.07) is 14.9. The number of hydrogen-bond donors (Lipinski definition) is 1. The molecule has 0 aliphatic heterocycles. The van der Waals surface area contributed by atoms with E-state index in [-0.39, 0.29) is 29.1 Å². The minimum Gasteiger partial charge on any atom is -0.871 e. The van der Waals surface area contributed by atoms with Gasteiger partial charge in [-0.2, -0.15) is 4.57 Å². The Labute approximate surface area is 198 Å². The SMILES string of the molecule is CCCC[n+]1c(C=C2C(=O)C(c3ccc(N(C)CCCC(=O)O)cc3)=C2[O-])oc2ccccc21.